The molecule has 0 unspecified atom stereocenters. The largest absolute Gasteiger partial charge is 0.325 e. The number of H-pyrrole nitrogens is 1. The molecule has 0 radical (unpaired) electrons. The Bertz CT molecular complexity index is 918. The molecule has 2 heterocycles. The van der Waals surface area contributed by atoms with Crippen LogP contribution in [-0.2, 0) is 0 Å². The van der Waals surface area contributed by atoms with Gasteiger partial charge in [0.2, 0.25) is 0 Å². The van der Waals surface area contributed by atoms with Crippen LogP contribution in [0.4, 0.5) is 4.39 Å². The molecular formula is C15H9FN2OS. The van der Waals surface area contributed by atoms with E-state index in [1.807, 2.05) is 17.5 Å². The van der Waals surface area contributed by atoms with E-state index in [0.29, 0.717) is 11.3 Å². The number of hydrogen-bond donors (Lipinski definition) is 1. The van der Waals surface area contributed by atoms with E-state index in [9.17, 15) is 9.18 Å². The number of aryl methyl sites for hydroxylation is 1. The number of thiophene rings is 1. The third kappa shape index (κ3) is 1.91. The molecule has 5 heteroatoms. The minimum absolute atomic E-state index is 0.0644. The molecule has 0 bridgehead atoms. The van der Waals surface area contributed by atoms with Gasteiger partial charge in [-0.3, -0.25) is 4.79 Å². The molecule has 0 amide bonds. The van der Waals surface area contributed by atoms with Crippen molar-refractivity contribution in [1.82, 2.24) is 4.98 Å². The van der Waals surface area contributed by atoms with Crippen molar-refractivity contribution in [2.24, 2.45) is 0 Å². The van der Waals surface area contributed by atoms with Crippen LogP contribution in [0.15, 0.2) is 34.4 Å². The lowest BCUT2D eigenvalue weighted by atomic mass is 10.00. The van der Waals surface area contributed by atoms with Crippen molar-refractivity contribution in [3.05, 3.63) is 57.1 Å². The molecule has 20 heavy (non-hydrogen) atoms. The average Bonchev–Trinajstić information content (AvgIpc) is 2.84. The summed E-state index contributed by atoms with van der Waals surface area (Å²) in [5, 5.41) is 11.8. The van der Waals surface area contributed by atoms with Crippen LogP contribution in [-0.4, -0.2) is 4.98 Å². The van der Waals surface area contributed by atoms with Crippen molar-refractivity contribution < 1.29 is 4.39 Å². The fourth-order valence-electron chi connectivity index (χ4n) is 2.20. The van der Waals surface area contributed by atoms with Gasteiger partial charge in [-0.05, 0) is 42.0 Å². The molecule has 0 saturated heterocycles. The predicted molar refractivity (Wildman–Crippen MR) is 77.3 cm³/mol. The molecule has 3 rings (SSSR count). The Hall–Kier alpha value is -2.45. The molecule has 3 nitrogen and oxygen atoms in total. The van der Waals surface area contributed by atoms with Gasteiger partial charge in [0.05, 0.1) is 0 Å². The first-order valence-electron chi connectivity index (χ1n) is 5.91. The van der Waals surface area contributed by atoms with Crippen LogP contribution >= 0.6 is 11.3 Å². The van der Waals surface area contributed by atoms with E-state index >= 15 is 0 Å². The van der Waals surface area contributed by atoms with Crippen LogP contribution in [0, 0.1) is 24.1 Å². The minimum Gasteiger partial charge on any atom is -0.325 e. The van der Waals surface area contributed by atoms with Crippen LogP contribution in [0.2, 0.25) is 0 Å². The van der Waals surface area contributed by atoms with Gasteiger partial charge in [0.25, 0.3) is 5.56 Å². The van der Waals surface area contributed by atoms with Gasteiger partial charge < -0.3 is 4.98 Å². The highest BCUT2D eigenvalue weighted by Gasteiger charge is 2.15. The normalized spacial score (nSPS) is 10.7. The highest BCUT2D eigenvalue weighted by atomic mass is 32.1. The van der Waals surface area contributed by atoms with Gasteiger partial charge in [-0.1, -0.05) is 0 Å². The van der Waals surface area contributed by atoms with Crippen LogP contribution in [0.1, 0.15) is 11.3 Å². The monoisotopic (exact) mass is 284 g/mol. The van der Waals surface area contributed by atoms with Crippen LogP contribution < -0.4 is 5.56 Å². The number of nitrogens with one attached hydrogen (secondary N) is 1. The quantitative estimate of drug-likeness (QED) is 0.742. The van der Waals surface area contributed by atoms with Crippen molar-refractivity contribution >= 4 is 21.4 Å². The molecule has 0 spiro atoms. The fraction of sp³-hybridized carbons (Fsp3) is 0.0667. The van der Waals surface area contributed by atoms with Crippen LogP contribution in [0.5, 0.6) is 0 Å². The lowest BCUT2D eigenvalue weighted by Gasteiger charge is -2.07. The van der Waals surface area contributed by atoms with Crippen molar-refractivity contribution in [1.29, 1.82) is 5.26 Å². The minimum atomic E-state index is -0.492. The summed E-state index contributed by atoms with van der Waals surface area (Å²) in [5.74, 6) is -0.433. The second-order valence-electron chi connectivity index (χ2n) is 4.47. The first-order valence-corrected chi connectivity index (χ1v) is 6.79. The van der Waals surface area contributed by atoms with Gasteiger partial charge in [-0.2, -0.15) is 5.26 Å². The molecule has 3 aromatic rings. The van der Waals surface area contributed by atoms with Crippen LogP contribution in [0.25, 0.3) is 21.2 Å². The molecule has 0 fully saturated rings. The van der Waals surface area contributed by atoms with Gasteiger partial charge in [0.15, 0.2) is 0 Å². The SMILES string of the molecule is Cc1cc(-c2cc3sccc3cc2F)c(C#N)c(=O)[nH]1. The van der Waals surface area contributed by atoms with Gasteiger partial charge >= 0.3 is 0 Å². The number of rotatable bonds is 1. The standard InChI is InChI=1S/C15H9FN2OS/c1-8-4-10(12(7-17)15(19)18-8)11-6-14-9(2-3-20-14)5-13(11)16/h2-6H,1H3,(H,18,19). The summed E-state index contributed by atoms with van der Waals surface area (Å²) in [5.41, 5.74) is 0.653. The molecule has 0 aliphatic carbocycles. The molecule has 0 saturated carbocycles. The molecule has 2 aromatic heterocycles. The topological polar surface area (TPSA) is 56.6 Å². The van der Waals surface area contributed by atoms with Gasteiger partial charge in [0, 0.05) is 21.5 Å². The van der Waals surface area contributed by atoms with Gasteiger partial charge in [-0.15, -0.1) is 11.3 Å². The van der Waals surface area contributed by atoms with E-state index in [1.54, 1.807) is 19.1 Å². The Balaban J connectivity index is 2.38. The van der Waals surface area contributed by atoms with E-state index in [-0.39, 0.29) is 11.1 Å². The number of nitriles is 1. The second-order valence-corrected chi connectivity index (χ2v) is 5.42. The van der Waals surface area contributed by atoms with E-state index in [4.69, 9.17) is 5.26 Å². The maximum Gasteiger partial charge on any atom is 0.266 e. The Morgan fingerprint density at radius 1 is 1.30 bits per heavy atom. The number of benzene rings is 1. The Morgan fingerprint density at radius 3 is 2.85 bits per heavy atom. The first-order chi connectivity index (χ1) is 9.60. The molecular weight excluding hydrogens is 275 g/mol. The predicted octanol–water partition coefficient (Wildman–Crippen LogP) is 3.58. The average molecular weight is 284 g/mol. The summed E-state index contributed by atoms with van der Waals surface area (Å²) in [6.07, 6.45) is 0. The smallest absolute Gasteiger partial charge is 0.266 e. The highest BCUT2D eigenvalue weighted by Crippen LogP contribution is 2.31. The summed E-state index contributed by atoms with van der Waals surface area (Å²) in [6, 6.07) is 8.42. The number of aromatic amines is 1. The number of halogens is 1. The van der Waals surface area contributed by atoms with Crippen molar-refractivity contribution in [3.8, 4) is 17.2 Å². The Kier molecular flexibility index (Phi) is 2.88. The molecule has 0 aliphatic heterocycles. The van der Waals surface area contributed by atoms with Gasteiger partial charge in [0.1, 0.15) is 17.4 Å². The van der Waals surface area contributed by atoms with Crippen LogP contribution in [0.3, 0.4) is 0 Å². The molecule has 1 N–H and O–H groups in total. The summed E-state index contributed by atoms with van der Waals surface area (Å²) in [6.45, 7) is 1.70. The zero-order valence-electron chi connectivity index (χ0n) is 10.5. The highest BCUT2D eigenvalue weighted by molar-refractivity contribution is 7.17. The number of aromatic nitrogens is 1. The number of fused-ring (bicyclic) bond motifs is 1. The molecule has 1 aromatic carbocycles. The summed E-state index contributed by atoms with van der Waals surface area (Å²) >= 11 is 1.49. The number of pyridine rings is 1. The lowest BCUT2D eigenvalue weighted by molar-refractivity contribution is 0.633. The third-order valence-electron chi connectivity index (χ3n) is 3.11. The molecule has 98 valence electrons. The summed E-state index contributed by atoms with van der Waals surface area (Å²) in [4.78, 5) is 14.3. The second kappa shape index (κ2) is 4.58. The van der Waals surface area contributed by atoms with E-state index in [2.05, 4.69) is 4.98 Å². The van der Waals surface area contributed by atoms with Crippen molar-refractivity contribution in [3.63, 3.8) is 0 Å². The Labute approximate surface area is 117 Å². The van der Waals surface area contributed by atoms with Crippen molar-refractivity contribution in [2.45, 2.75) is 6.92 Å². The number of hydrogen-bond acceptors (Lipinski definition) is 3. The first kappa shape index (κ1) is 12.6. The fourth-order valence-corrected chi connectivity index (χ4v) is 3.01. The van der Waals surface area contributed by atoms with Gasteiger partial charge in [-0.25, -0.2) is 4.39 Å². The van der Waals surface area contributed by atoms with E-state index < -0.39 is 11.4 Å². The zero-order chi connectivity index (χ0) is 14.3. The summed E-state index contributed by atoms with van der Waals surface area (Å²) in [7, 11) is 0. The van der Waals surface area contributed by atoms with Crippen molar-refractivity contribution in [2.75, 3.05) is 0 Å². The molecule has 0 atom stereocenters. The number of nitrogens with zero attached hydrogens (tertiary/aromatic N) is 1. The van der Waals surface area contributed by atoms with E-state index in [1.165, 1.54) is 17.4 Å². The third-order valence-corrected chi connectivity index (χ3v) is 3.99. The zero-order valence-corrected chi connectivity index (χ0v) is 11.3. The summed E-state index contributed by atoms with van der Waals surface area (Å²) < 4.78 is 15.2. The Morgan fingerprint density at radius 2 is 2.10 bits per heavy atom. The van der Waals surface area contributed by atoms with E-state index in [0.717, 1.165) is 10.1 Å². The molecule has 0 aliphatic rings. The lowest BCUT2D eigenvalue weighted by Crippen LogP contribution is -2.13. The maximum absolute atomic E-state index is 14.2. The maximum atomic E-state index is 14.2.